The molecule has 1 aliphatic heterocycles. The van der Waals surface area contributed by atoms with Gasteiger partial charge in [0.1, 0.15) is 23.0 Å². The predicted octanol–water partition coefficient (Wildman–Crippen LogP) is 3.02. The summed E-state index contributed by atoms with van der Waals surface area (Å²) in [6.45, 7) is 0.476. The molecule has 6 heteroatoms. The molecule has 26 heavy (non-hydrogen) atoms. The molecule has 0 atom stereocenters. The first-order chi connectivity index (χ1) is 12.6. The van der Waals surface area contributed by atoms with Crippen molar-refractivity contribution in [3.63, 3.8) is 0 Å². The van der Waals surface area contributed by atoms with Crippen LogP contribution in [0.2, 0.25) is 0 Å². The summed E-state index contributed by atoms with van der Waals surface area (Å²) in [5.41, 5.74) is 1.77. The maximum Gasteiger partial charge on any atom is 0.258 e. The highest BCUT2D eigenvalue weighted by Crippen LogP contribution is 2.32. The average Bonchev–Trinajstić information content (AvgIpc) is 2.95. The van der Waals surface area contributed by atoms with Crippen molar-refractivity contribution in [1.82, 2.24) is 4.90 Å². The van der Waals surface area contributed by atoms with Crippen molar-refractivity contribution >= 4 is 11.5 Å². The fraction of sp³-hybridized carbons (Fsp3) is 0.250. The molecular formula is C20H21NO5. The number of ether oxygens (including phenoxy) is 3. The van der Waals surface area contributed by atoms with Crippen LogP contribution in [0, 0.1) is 0 Å². The molecule has 1 N–H and O–H groups in total. The second-order valence-corrected chi connectivity index (χ2v) is 5.89. The van der Waals surface area contributed by atoms with Crippen LogP contribution in [0.4, 0.5) is 0 Å². The number of hydrogen-bond acceptors (Lipinski definition) is 5. The highest BCUT2D eigenvalue weighted by atomic mass is 16.5. The van der Waals surface area contributed by atoms with E-state index in [1.165, 1.54) is 0 Å². The maximum absolute atomic E-state index is 12.8. The Hall–Kier alpha value is -3.15. The maximum atomic E-state index is 12.8. The lowest BCUT2D eigenvalue weighted by Gasteiger charge is -2.18. The Morgan fingerprint density at radius 2 is 1.73 bits per heavy atom. The van der Waals surface area contributed by atoms with Crippen molar-refractivity contribution in [2.24, 2.45) is 0 Å². The molecule has 136 valence electrons. The van der Waals surface area contributed by atoms with Gasteiger partial charge in [0.2, 0.25) is 0 Å². The van der Waals surface area contributed by atoms with Crippen molar-refractivity contribution in [1.29, 1.82) is 0 Å². The summed E-state index contributed by atoms with van der Waals surface area (Å²) in [6, 6.07) is 12.5. The topological polar surface area (TPSA) is 68.2 Å². The van der Waals surface area contributed by atoms with Crippen LogP contribution in [0.3, 0.4) is 0 Å². The lowest BCUT2D eigenvalue weighted by molar-refractivity contribution is -0.124. The zero-order chi connectivity index (χ0) is 18.7. The molecule has 0 spiro atoms. The van der Waals surface area contributed by atoms with E-state index in [1.54, 1.807) is 56.6 Å². The van der Waals surface area contributed by atoms with E-state index in [0.717, 1.165) is 5.56 Å². The molecule has 1 aliphatic rings. The van der Waals surface area contributed by atoms with Crippen LogP contribution < -0.4 is 14.2 Å². The Morgan fingerprint density at radius 1 is 1.00 bits per heavy atom. The largest absolute Gasteiger partial charge is 0.510 e. The highest BCUT2D eigenvalue weighted by Gasteiger charge is 2.32. The Bertz CT molecular complexity index is 859. The van der Waals surface area contributed by atoms with Crippen LogP contribution in [0.1, 0.15) is 11.1 Å². The molecule has 0 unspecified atom stereocenters. The van der Waals surface area contributed by atoms with Gasteiger partial charge in [-0.3, -0.25) is 4.79 Å². The van der Waals surface area contributed by atoms with Gasteiger partial charge in [-0.2, -0.15) is 0 Å². The van der Waals surface area contributed by atoms with Gasteiger partial charge in [0, 0.05) is 11.6 Å². The lowest BCUT2D eigenvalue weighted by atomic mass is 10.1. The third-order valence-electron chi connectivity index (χ3n) is 4.34. The van der Waals surface area contributed by atoms with E-state index >= 15 is 0 Å². The summed E-state index contributed by atoms with van der Waals surface area (Å²) in [4.78, 5) is 14.4. The standard InChI is InChI=1S/C20H21NO5/c1-24-15-6-4-5-13(9-15)19-17(22)12-21(20(19)23)11-14-7-8-16(25-2)10-18(14)26-3/h4-10,22H,11-12H2,1-3H3. The summed E-state index contributed by atoms with van der Waals surface area (Å²) in [6.07, 6.45) is 0. The van der Waals surface area contributed by atoms with Crippen LogP contribution >= 0.6 is 0 Å². The number of aliphatic hydroxyl groups is 1. The summed E-state index contributed by atoms with van der Waals surface area (Å²) in [5, 5.41) is 10.4. The number of hydrogen-bond donors (Lipinski definition) is 1. The first-order valence-electron chi connectivity index (χ1n) is 8.14. The fourth-order valence-corrected chi connectivity index (χ4v) is 3.00. The molecular weight excluding hydrogens is 334 g/mol. The van der Waals surface area contributed by atoms with E-state index in [-0.39, 0.29) is 18.2 Å². The molecule has 1 amide bonds. The SMILES string of the molecule is COc1cccc(C2=C(O)CN(Cc3ccc(OC)cc3OC)C2=O)c1. The van der Waals surface area contributed by atoms with Gasteiger partial charge in [0.25, 0.3) is 5.91 Å². The first kappa shape index (κ1) is 17.7. The minimum absolute atomic E-state index is 0.0516. The first-order valence-corrected chi connectivity index (χ1v) is 8.14. The van der Waals surface area contributed by atoms with Crippen molar-refractivity contribution in [2.45, 2.75) is 6.54 Å². The Morgan fingerprint density at radius 3 is 2.42 bits per heavy atom. The van der Waals surface area contributed by atoms with Crippen LogP contribution in [0.15, 0.2) is 48.2 Å². The zero-order valence-electron chi connectivity index (χ0n) is 15.0. The van der Waals surface area contributed by atoms with Gasteiger partial charge < -0.3 is 24.2 Å². The molecule has 0 radical (unpaired) electrons. The summed E-state index contributed by atoms with van der Waals surface area (Å²) >= 11 is 0. The zero-order valence-corrected chi connectivity index (χ0v) is 15.0. The molecule has 2 aromatic rings. The van der Waals surface area contributed by atoms with Gasteiger partial charge in [0.15, 0.2) is 0 Å². The van der Waals surface area contributed by atoms with Crippen LogP contribution in [0.25, 0.3) is 5.57 Å². The molecule has 1 heterocycles. The van der Waals surface area contributed by atoms with Gasteiger partial charge in [0.05, 0.1) is 40.0 Å². The Labute approximate surface area is 152 Å². The number of carbonyl (C=O) groups is 1. The lowest BCUT2D eigenvalue weighted by Crippen LogP contribution is -2.26. The van der Waals surface area contributed by atoms with E-state index in [0.29, 0.717) is 34.9 Å². The van der Waals surface area contributed by atoms with Crippen LogP contribution in [0.5, 0.6) is 17.2 Å². The van der Waals surface area contributed by atoms with E-state index < -0.39 is 0 Å². The number of amides is 1. The third-order valence-corrected chi connectivity index (χ3v) is 4.34. The fourth-order valence-electron chi connectivity index (χ4n) is 3.00. The summed E-state index contributed by atoms with van der Waals surface area (Å²) in [7, 11) is 4.72. The highest BCUT2D eigenvalue weighted by molar-refractivity contribution is 6.22. The van der Waals surface area contributed by atoms with E-state index in [9.17, 15) is 9.90 Å². The minimum atomic E-state index is -0.228. The third kappa shape index (κ3) is 3.31. The molecule has 0 aliphatic carbocycles. The smallest absolute Gasteiger partial charge is 0.258 e. The number of carbonyl (C=O) groups excluding carboxylic acids is 1. The van der Waals surface area contributed by atoms with Crippen molar-refractivity contribution in [2.75, 3.05) is 27.9 Å². The van der Waals surface area contributed by atoms with Gasteiger partial charge >= 0.3 is 0 Å². The molecule has 2 aromatic carbocycles. The second kappa shape index (κ2) is 7.39. The molecule has 6 nitrogen and oxygen atoms in total. The molecule has 0 saturated heterocycles. The number of aliphatic hydroxyl groups excluding tert-OH is 1. The Balaban J connectivity index is 1.84. The quantitative estimate of drug-likeness (QED) is 0.863. The van der Waals surface area contributed by atoms with Crippen molar-refractivity contribution in [3.05, 3.63) is 59.4 Å². The number of methoxy groups -OCH3 is 3. The Kier molecular flexibility index (Phi) is 5.02. The molecule has 0 aromatic heterocycles. The van der Waals surface area contributed by atoms with Gasteiger partial charge in [-0.1, -0.05) is 12.1 Å². The predicted molar refractivity (Wildman–Crippen MR) is 97.5 cm³/mol. The van der Waals surface area contributed by atoms with Gasteiger partial charge in [-0.05, 0) is 29.8 Å². The number of nitrogens with zero attached hydrogens (tertiary/aromatic N) is 1. The number of benzene rings is 2. The minimum Gasteiger partial charge on any atom is -0.510 e. The molecule has 0 bridgehead atoms. The molecule has 0 fully saturated rings. The van der Waals surface area contributed by atoms with Gasteiger partial charge in [-0.25, -0.2) is 0 Å². The van der Waals surface area contributed by atoms with E-state index in [2.05, 4.69) is 0 Å². The van der Waals surface area contributed by atoms with Gasteiger partial charge in [-0.15, -0.1) is 0 Å². The van der Waals surface area contributed by atoms with Crippen LogP contribution in [-0.4, -0.2) is 43.8 Å². The molecule has 0 saturated carbocycles. The van der Waals surface area contributed by atoms with Crippen molar-refractivity contribution in [3.8, 4) is 17.2 Å². The van der Waals surface area contributed by atoms with E-state index in [4.69, 9.17) is 14.2 Å². The van der Waals surface area contributed by atoms with Crippen molar-refractivity contribution < 1.29 is 24.1 Å². The number of rotatable bonds is 6. The summed E-state index contributed by atoms with van der Waals surface area (Å²) in [5.74, 6) is 1.76. The van der Waals surface area contributed by atoms with E-state index in [1.807, 2.05) is 12.1 Å². The summed E-state index contributed by atoms with van der Waals surface area (Å²) < 4.78 is 15.8. The molecule has 3 rings (SSSR count). The van der Waals surface area contributed by atoms with Crippen LogP contribution in [-0.2, 0) is 11.3 Å². The monoisotopic (exact) mass is 355 g/mol. The second-order valence-electron chi connectivity index (χ2n) is 5.89. The normalized spacial score (nSPS) is 14.0. The average molecular weight is 355 g/mol.